The second kappa shape index (κ2) is 8.29. The van der Waals surface area contributed by atoms with Gasteiger partial charge in [0.2, 0.25) is 0 Å². The molecule has 1 amide bonds. The third-order valence-electron chi connectivity index (χ3n) is 4.64. The number of halogens is 2. The molecule has 2 N–H and O–H groups in total. The van der Waals surface area contributed by atoms with E-state index < -0.39 is 11.6 Å². The summed E-state index contributed by atoms with van der Waals surface area (Å²) < 4.78 is 28.5. The number of hydrogen-bond donors (Lipinski definition) is 2. The molecule has 2 aromatic heterocycles. The van der Waals surface area contributed by atoms with Gasteiger partial charge in [0.1, 0.15) is 5.82 Å². The quantitative estimate of drug-likeness (QED) is 0.599. The average molecular weight is 371 g/mol. The Morgan fingerprint density at radius 1 is 1.15 bits per heavy atom. The van der Waals surface area contributed by atoms with Crippen molar-refractivity contribution in [3.8, 4) is 11.3 Å². The second-order valence-electron chi connectivity index (χ2n) is 6.66. The summed E-state index contributed by atoms with van der Waals surface area (Å²) in [7, 11) is 0. The van der Waals surface area contributed by atoms with Crippen molar-refractivity contribution < 1.29 is 13.6 Å². The van der Waals surface area contributed by atoms with Crippen LogP contribution < -0.4 is 5.32 Å². The van der Waals surface area contributed by atoms with Crippen LogP contribution in [0.15, 0.2) is 36.7 Å². The van der Waals surface area contributed by atoms with E-state index in [1.807, 2.05) is 0 Å². The van der Waals surface area contributed by atoms with Crippen molar-refractivity contribution in [3.63, 3.8) is 0 Å². The van der Waals surface area contributed by atoms with Gasteiger partial charge in [0.25, 0.3) is 5.91 Å². The lowest BCUT2D eigenvalue weighted by Gasteiger charge is -2.17. The molecular weight excluding hydrogens is 348 g/mol. The number of carbonyl (C=O) groups is 1. The van der Waals surface area contributed by atoms with Crippen LogP contribution in [0.4, 0.5) is 8.78 Å². The molecule has 2 heterocycles. The highest BCUT2D eigenvalue weighted by atomic mass is 19.1. The topological polar surface area (TPSA) is 57.8 Å². The molecule has 1 aromatic carbocycles. The number of fused-ring (bicyclic) bond motifs is 1. The number of aromatic nitrogens is 2. The highest BCUT2D eigenvalue weighted by Crippen LogP contribution is 2.29. The third kappa shape index (κ3) is 3.99. The predicted molar refractivity (Wildman–Crippen MR) is 103 cm³/mol. The number of nitrogens with zero attached hydrogens (tertiary/aromatic N) is 1. The van der Waals surface area contributed by atoms with E-state index in [2.05, 4.69) is 29.1 Å². The molecule has 0 fully saturated rings. The van der Waals surface area contributed by atoms with Gasteiger partial charge in [-0.2, -0.15) is 0 Å². The fourth-order valence-corrected chi connectivity index (χ4v) is 3.34. The minimum absolute atomic E-state index is 0.0912. The van der Waals surface area contributed by atoms with E-state index in [4.69, 9.17) is 0 Å². The Labute approximate surface area is 157 Å². The number of pyridine rings is 1. The summed E-state index contributed by atoms with van der Waals surface area (Å²) in [4.78, 5) is 19.3. The molecule has 4 nitrogen and oxygen atoms in total. The SMILES string of the molecule is CCCC(CCC)NC(=O)c1ccc(-c2ncc(F)c3[nH]ccc23)c(F)c1. The molecule has 0 unspecified atom stereocenters. The first-order chi connectivity index (χ1) is 13.0. The molecule has 0 spiro atoms. The zero-order valence-corrected chi connectivity index (χ0v) is 15.5. The second-order valence-corrected chi connectivity index (χ2v) is 6.66. The van der Waals surface area contributed by atoms with Crippen LogP contribution in [0.1, 0.15) is 49.9 Å². The van der Waals surface area contributed by atoms with Gasteiger partial charge in [-0.15, -0.1) is 0 Å². The summed E-state index contributed by atoms with van der Waals surface area (Å²) in [5.41, 5.74) is 1.12. The molecule has 0 aliphatic carbocycles. The van der Waals surface area contributed by atoms with Crippen LogP contribution >= 0.6 is 0 Å². The summed E-state index contributed by atoms with van der Waals surface area (Å²) in [5, 5.41) is 3.48. The van der Waals surface area contributed by atoms with Crippen molar-refractivity contribution in [2.24, 2.45) is 0 Å². The molecule has 0 aliphatic heterocycles. The summed E-state index contributed by atoms with van der Waals surface area (Å²) in [6, 6.07) is 6.05. The van der Waals surface area contributed by atoms with E-state index in [0.29, 0.717) is 11.1 Å². The molecular formula is C21H23F2N3O. The van der Waals surface area contributed by atoms with Crippen LogP contribution in [0, 0.1) is 11.6 Å². The number of H-pyrrole nitrogens is 1. The monoisotopic (exact) mass is 371 g/mol. The van der Waals surface area contributed by atoms with Crippen LogP contribution in [0.3, 0.4) is 0 Å². The first-order valence-corrected chi connectivity index (χ1v) is 9.27. The van der Waals surface area contributed by atoms with Gasteiger partial charge in [0.15, 0.2) is 5.82 Å². The number of aromatic amines is 1. The van der Waals surface area contributed by atoms with Gasteiger partial charge >= 0.3 is 0 Å². The molecule has 27 heavy (non-hydrogen) atoms. The fraction of sp³-hybridized carbons (Fsp3) is 0.333. The predicted octanol–water partition coefficient (Wildman–Crippen LogP) is 5.21. The van der Waals surface area contributed by atoms with Gasteiger partial charge in [-0.3, -0.25) is 9.78 Å². The summed E-state index contributed by atoms with van der Waals surface area (Å²) in [6.45, 7) is 4.14. The van der Waals surface area contributed by atoms with Crippen molar-refractivity contribution >= 4 is 16.8 Å². The van der Waals surface area contributed by atoms with Crippen molar-refractivity contribution in [3.05, 3.63) is 53.9 Å². The van der Waals surface area contributed by atoms with Gasteiger partial charge < -0.3 is 10.3 Å². The van der Waals surface area contributed by atoms with Gasteiger partial charge in [0.05, 0.1) is 17.4 Å². The zero-order chi connectivity index (χ0) is 19.4. The van der Waals surface area contributed by atoms with Crippen LogP contribution in [-0.4, -0.2) is 21.9 Å². The van der Waals surface area contributed by atoms with Crippen molar-refractivity contribution in [1.29, 1.82) is 0 Å². The molecule has 0 atom stereocenters. The lowest BCUT2D eigenvalue weighted by molar-refractivity contribution is 0.0932. The lowest BCUT2D eigenvalue weighted by atomic mass is 10.0. The zero-order valence-electron chi connectivity index (χ0n) is 15.5. The highest BCUT2D eigenvalue weighted by molar-refractivity contribution is 5.96. The largest absolute Gasteiger partial charge is 0.359 e. The fourth-order valence-electron chi connectivity index (χ4n) is 3.34. The Bertz CT molecular complexity index is 946. The normalized spacial score (nSPS) is 11.3. The smallest absolute Gasteiger partial charge is 0.251 e. The molecule has 6 heteroatoms. The Hall–Kier alpha value is -2.76. The van der Waals surface area contributed by atoms with Crippen molar-refractivity contribution in [2.45, 2.75) is 45.6 Å². The van der Waals surface area contributed by atoms with Crippen molar-refractivity contribution in [2.75, 3.05) is 0 Å². The van der Waals surface area contributed by atoms with E-state index in [-0.39, 0.29) is 28.6 Å². The highest BCUT2D eigenvalue weighted by Gasteiger charge is 2.17. The molecule has 3 rings (SSSR count). The first-order valence-electron chi connectivity index (χ1n) is 9.27. The van der Waals surface area contributed by atoms with Gasteiger partial charge in [-0.05, 0) is 37.1 Å². The number of rotatable bonds is 7. The van der Waals surface area contributed by atoms with Gasteiger partial charge in [-0.1, -0.05) is 26.7 Å². The first kappa shape index (κ1) is 19.0. The van der Waals surface area contributed by atoms with Gasteiger partial charge in [0, 0.05) is 28.8 Å². The number of hydrogen-bond acceptors (Lipinski definition) is 2. The maximum atomic E-state index is 14.7. The van der Waals surface area contributed by atoms with E-state index in [1.54, 1.807) is 18.3 Å². The number of nitrogens with one attached hydrogen (secondary N) is 2. The molecule has 0 radical (unpaired) electrons. The summed E-state index contributed by atoms with van der Waals surface area (Å²) >= 11 is 0. The Morgan fingerprint density at radius 3 is 2.56 bits per heavy atom. The third-order valence-corrected chi connectivity index (χ3v) is 4.64. The van der Waals surface area contributed by atoms with Crippen LogP contribution in [0.2, 0.25) is 0 Å². The Kier molecular flexibility index (Phi) is 5.84. The van der Waals surface area contributed by atoms with Crippen LogP contribution in [-0.2, 0) is 0 Å². The maximum Gasteiger partial charge on any atom is 0.251 e. The Balaban J connectivity index is 1.88. The molecule has 142 valence electrons. The molecule has 0 saturated heterocycles. The van der Waals surface area contributed by atoms with E-state index in [9.17, 15) is 13.6 Å². The van der Waals surface area contributed by atoms with E-state index in [1.165, 1.54) is 12.1 Å². The molecule has 0 aliphatic rings. The van der Waals surface area contributed by atoms with Crippen LogP contribution in [0.25, 0.3) is 22.2 Å². The molecule has 3 aromatic rings. The number of carbonyl (C=O) groups excluding carboxylic acids is 1. The molecule has 0 saturated carbocycles. The maximum absolute atomic E-state index is 14.7. The minimum atomic E-state index is -0.563. The van der Waals surface area contributed by atoms with Crippen LogP contribution in [0.5, 0.6) is 0 Å². The number of benzene rings is 1. The van der Waals surface area contributed by atoms with E-state index >= 15 is 0 Å². The van der Waals surface area contributed by atoms with Crippen molar-refractivity contribution in [1.82, 2.24) is 15.3 Å². The number of amides is 1. The van der Waals surface area contributed by atoms with E-state index in [0.717, 1.165) is 31.9 Å². The minimum Gasteiger partial charge on any atom is -0.359 e. The standard InChI is InChI=1S/C21H23F2N3O/c1-3-5-14(6-4-2)26-21(27)13-7-8-15(17(22)11-13)19-16-9-10-24-20(16)18(23)12-25-19/h7-12,14,24H,3-6H2,1-2H3,(H,26,27). The summed E-state index contributed by atoms with van der Waals surface area (Å²) in [5.74, 6) is -1.34. The summed E-state index contributed by atoms with van der Waals surface area (Å²) in [6.07, 6.45) is 6.38. The lowest BCUT2D eigenvalue weighted by Crippen LogP contribution is -2.34. The molecule has 0 bridgehead atoms. The Morgan fingerprint density at radius 2 is 1.89 bits per heavy atom. The van der Waals surface area contributed by atoms with Gasteiger partial charge in [-0.25, -0.2) is 8.78 Å². The average Bonchev–Trinajstić information content (AvgIpc) is 3.14.